The standard InChI is InChI=1S/C10H17N3O3S/c1-7(2)9-11-6-8(17(14,15)16-5)10(12-9)13(3)4/h6-7H,1-5H3. The monoisotopic (exact) mass is 259 g/mol. The Bertz CT molecular complexity index is 498. The van der Waals surface area contributed by atoms with Crippen LogP contribution in [0.1, 0.15) is 25.6 Å². The summed E-state index contributed by atoms with van der Waals surface area (Å²) in [5, 5.41) is 0. The molecule has 0 atom stereocenters. The molecule has 17 heavy (non-hydrogen) atoms. The summed E-state index contributed by atoms with van der Waals surface area (Å²) >= 11 is 0. The van der Waals surface area contributed by atoms with Crippen LogP contribution in [-0.2, 0) is 14.3 Å². The molecule has 0 aromatic carbocycles. The van der Waals surface area contributed by atoms with Gasteiger partial charge in [0.2, 0.25) is 0 Å². The van der Waals surface area contributed by atoms with Gasteiger partial charge in [-0.3, -0.25) is 4.18 Å². The summed E-state index contributed by atoms with van der Waals surface area (Å²) in [6.07, 6.45) is 1.29. The zero-order valence-electron chi connectivity index (χ0n) is 10.6. The van der Waals surface area contributed by atoms with Crippen molar-refractivity contribution in [1.82, 2.24) is 9.97 Å². The topological polar surface area (TPSA) is 72.4 Å². The molecule has 0 saturated carbocycles. The first-order chi connectivity index (χ1) is 7.79. The fraction of sp³-hybridized carbons (Fsp3) is 0.600. The number of anilines is 1. The Kier molecular flexibility index (Phi) is 4.05. The summed E-state index contributed by atoms with van der Waals surface area (Å²) in [4.78, 5) is 9.89. The second-order valence-corrected chi connectivity index (χ2v) is 5.77. The van der Waals surface area contributed by atoms with Gasteiger partial charge in [0.1, 0.15) is 5.82 Å². The molecule has 0 bridgehead atoms. The van der Waals surface area contributed by atoms with Crippen molar-refractivity contribution in [2.45, 2.75) is 24.7 Å². The molecule has 7 heteroatoms. The van der Waals surface area contributed by atoms with E-state index in [1.165, 1.54) is 6.20 Å². The molecule has 1 rings (SSSR count). The second-order valence-electron chi connectivity index (χ2n) is 4.09. The zero-order chi connectivity index (χ0) is 13.2. The number of hydrogen-bond donors (Lipinski definition) is 0. The van der Waals surface area contributed by atoms with E-state index >= 15 is 0 Å². The predicted molar refractivity (Wildman–Crippen MR) is 64.6 cm³/mol. The molecule has 96 valence electrons. The van der Waals surface area contributed by atoms with Gasteiger partial charge in [-0.25, -0.2) is 9.97 Å². The maximum atomic E-state index is 11.7. The molecule has 1 aromatic rings. The van der Waals surface area contributed by atoms with E-state index in [9.17, 15) is 8.42 Å². The van der Waals surface area contributed by atoms with Crippen LogP contribution in [-0.4, -0.2) is 39.6 Å². The Morgan fingerprint density at radius 2 is 1.94 bits per heavy atom. The molecule has 1 heterocycles. The summed E-state index contributed by atoms with van der Waals surface area (Å²) in [6, 6.07) is 0. The molecule has 1 aromatic heterocycles. The second kappa shape index (κ2) is 4.97. The molecule has 0 fully saturated rings. The summed E-state index contributed by atoms with van der Waals surface area (Å²) < 4.78 is 27.8. The van der Waals surface area contributed by atoms with Gasteiger partial charge in [0.05, 0.1) is 13.3 Å². The van der Waals surface area contributed by atoms with E-state index in [0.717, 1.165) is 7.11 Å². The van der Waals surface area contributed by atoms with Crippen molar-refractivity contribution in [2.75, 3.05) is 26.1 Å². The van der Waals surface area contributed by atoms with Crippen LogP contribution in [0.5, 0.6) is 0 Å². The van der Waals surface area contributed by atoms with E-state index < -0.39 is 10.1 Å². The molecule has 0 aliphatic rings. The van der Waals surface area contributed by atoms with Gasteiger partial charge in [-0.1, -0.05) is 13.8 Å². The molecule has 0 saturated heterocycles. The lowest BCUT2D eigenvalue weighted by Gasteiger charge is -2.16. The Balaban J connectivity index is 3.43. The van der Waals surface area contributed by atoms with Gasteiger partial charge in [0.25, 0.3) is 0 Å². The van der Waals surface area contributed by atoms with Crippen molar-refractivity contribution in [3.8, 4) is 0 Å². The Morgan fingerprint density at radius 3 is 2.35 bits per heavy atom. The third-order valence-electron chi connectivity index (χ3n) is 2.18. The Hall–Kier alpha value is -1.21. The fourth-order valence-corrected chi connectivity index (χ4v) is 2.05. The summed E-state index contributed by atoms with van der Waals surface area (Å²) in [7, 11) is 0.780. The van der Waals surface area contributed by atoms with Gasteiger partial charge >= 0.3 is 10.1 Å². The molecular weight excluding hydrogens is 242 g/mol. The highest BCUT2D eigenvalue weighted by Gasteiger charge is 2.22. The van der Waals surface area contributed by atoms with Crippen LogP contribution in [0.3, 0.4) is 0 Å². The van der Waals surface area contributed by atoms with Gasteiger partial charge in [0.15, 0.2) is 10.7 Å². The van der Waals surface area contributed by atoms with Crippen LogP contribution in [0, 0.1) is 0 Å². The maximum Gasteiger partial charge on any atom is 0.301 e. The molecule has 0 radical (unpaired) electrons. The SMILES string of the molecule is COS(=O)(=O)c1cnc(C(C)C)nc1N(C)C. The van der Waals surface area contributed by atoms with E-state index in [1.807, 2.05) is 13.8 Å². The lowest BCUT2D eigenvalue weighted by atomic mass is 10.2. The van der Waals surface area contributed by atoms with Gasteiger partial charge in [-0.15, -0.1) is 0 Å². The lowest BCUT2D eigenvalue weighted by Crippen LogP contribution is -2.18. The van der Waals surface area contributed by atoms with Gasteiger partial charge in [-0.2, -0.15) is 8.42 Å². The van der Waals surface area contributed by atoms with Crippen LogP contribution in [0.15, 0.2) is 11.1 Å². The maximum absolute atomic E-state index is 11.7. The first-order valence-corrected chi connectivity index (χ1v) is 6.55. The largest absolute Gasteiger partial charge is 0.361 e. The highest BCUT2D eigenvalue weighted by molar-refractivity contribution is 7.86. The Labute approximate surface area is 102 Å². The number of hydrogen-bond acceptors (Lipinski definition) is 6. The molecule has 0 aliphatic carbocycles. The fourth-order valence-electron chi connectivity index (χ4n) is 1.24. The molecular formula is C10H17N3O3S. The van der Waals surface area contributed by atoms with Crippen molar-refractivity contribution in [1.29, 1.82) is 0 Å². The lowest BCUT2D eigenvalue weighted by molar-refractivity contribution is 0.397. The summed E-state index contributed by atoms with van der Waals surface area (Å²) in [6.45, 7) is 3.89. The zero-order valence-corrected chi connectivity index (χ0v) is 11.4. The predicted octanol–water partition coefficient (Wildman–Crippen LogP) is 1.00. The highest BCUT2D eigenvalue weighted by Crippen LogP contribution is 2.23. The third kappa shape index (κ3) is 2.92. The van der Waals surface area contributed by atoms with Gasteiger partial charge < -0.3 is 4.90 Å². The normalized spacial score (nSPS) is 11.9. The first-order valence-electron chi connectivity index (χ1n) is 5.14. The number of rotatable bonds is 4. The third-order valence-corrected chi connectivity index (χ3v) is 3.45. The van der Waals surface area contributed by atoms with Crippen LogP contribution in [0.4, 0.5) is 5.82 Å². The van der Waals surface area contributed by atoms with Crippen molar-refractivity contribution >= 4 is 15.9 Å². The van der Waals surface area contributed by atoms with E-state index in [2.05, 4.69) is 14.2 Å². The average Bonchev–Trinajstić information content (AvgIpc) is 2.28. The highest BCUT2D eigenvalue weighted by atomic mass is 32.2. The van der Waals surface area contributed by atoms with Crippen molar-refractivity contribution in [3.63, 3.8) is 0 Å². The number of aromatic nitrogens is 2. The van der Waals surface area contributed by atoms with Crippen LogP contribution < -0.4 is 4.90 Å². The summed E-state index contributed by atoms with van der Waals surface area (Å²) in [5.74, 6) is 1.07. The molecule has 0 spiro atoms. The molecule has 0 N–H and O–H groups in total. The van der Waals surface area contributed by atoms with Gasteiger partial charge in [0, 0.05) is 20.0 Å². The van der Waals surface area contributed by atoms with E-state index in [1.54, 1.807) is 19.0 Å². The molecule has 0 amide bonds. The van der Waals surface area contributed by atoms with Crippen LogP contribution in [0.2, 0.25) is 0 Å². The molecule has 6 nitrogen and oxygen atoms in total. The Morgan fingerprint density at radius 1 is 1.35 bits per heavy atom. The minimum absolute atomic E-state index is 0.0191. The molecule has 0 unspecified atom stereocenters. The van der Waals surface area contributed by atoms with E-state index in [4.69, 9.17) is 0 Å². The van der Waals surface area contributed by atoms with Gasteiger partial charge in [-0.05, 0) is 0 Å². The quantitative estimate of drug-likeness (QED) is 0.751. The first kappa shape index (κ1) is 13.9. The minimum Gasteiger partial charge on any atom is -0.361 e. The van der Waals surface area contributed by atoms with Crippen LogP contribution >= 0.6 is 0 Å². The van der Waals surface area contributed by atoms with Crippen LogP contribution in [0.25, 0.3) is 0 Å². The number of nitrogens with zero attached hydrogens (tertiary/aromatic N) is 3. The van der Waals surface area contributed by atoms with Crippen molar-refractivity contribution in [2.24, 2.45) is 0 Å². The summed E-state index contributed by atoms with van der Waals surface area (Å²) in [5.41, 5.74) is 0. The van der Waals surface area contributed by atoms with E-state index in [-0.39, 0.29) is 10.8 Å². The molecule has 0 aliphatic heterocycles. The van der Waals surface area contributed by atoms with Crippen molar-refractivity contribution in [3.05, 3.63) is 12.0 Å². The average molecular weight is 259 g/mol. The smallest absolute Gasteiger partial charge is 0.301 e. The minimum atomic E-state index is -3.78. The van der Waals surface area contributed by atoms with E-state index in [0.29, 0.717) is 11.6 Å². The van der Waals surface area contributed by atoms with Crippen molar-refractivity contribution < 1.29 is 12.6 Å².